The molecule has 0 radical (unpaired) electrons. The number of carbonyl (C=O) groups is 2. The number of hydrogen-bond donors (Lipinski definition) is 1. The first-order valence-corrected chi connectivity index (χ1v) is 11.5. The predicted molar refractivity (Wildman–Crippen MR) is 133 cm³/mol. The van der Waals surface area contributed by atoms with Gasteiger partial charge in [-0.25, -0.2) is 0 Å². The number of esters is 1. The first-order valence-electron chi connectivity index (χ1n) is 11.0. The zero-order valence-corrected chi connectivity index (χ0v) is 20.1. The van der Waals surface area contributed by atoms with Crippen molar-refractivity contribution in [2.75, 3.05) is 39.7 Å². The normalized spacial score (nSPS) is 11.0. The molecule has 0 aliphatic rings. The lowest BCUT2D eigenvalue weighted by atomic mass is 9.77. The van der Waals surface area contributed by atoms with Gasteiger partial charge in [0.1, 0.15) is 18.2 Å². The summed E-state index contributed by atoms with van der Waals surface area (Å²) in [6.45, 7) is 0.517. The van der Waals surface area contributed by atoms with Crippen molar-refractivity contribution in [2.24, 2.45) is 0 Å². The SMILES string of the molecule is COC(=O)CN(CCNC(c1ccccc1)(c1ccccc1)c1ccc(OC)cc1)C(=O)CCl. The average molecular weight is 481 g/mol. The van der Waals surface area contributed by atoms with Gasteiger partial charge in [-0.15, -0.1) is 11.6 Å². The molecular weight excluding hydrogens is 452 g/mol. The van der Waals surface area contributed by atoms with Crippen LogP contribution in [0.25, 0.3) is 0 Å². The number of halogens is 1. The van der Waals surface area contributed by atoms with Gasteiger partial charge in [-0.05, 0) is 28.8 Å². The Morgan fingerprint density at radius 1 is 0.853 bits per heavy atom. The van der Waals surface area contributed by atoms with Crippen LogP contribution in [0.3, 0.4) is 0 Å². The lowest BCUT2D eigenvalue weighted by molar-refractivity contribution is -0.146. The van der Waals surface area contributed by atoms with Crippen LogP contribution in [0.5, 0.6) is 5.75 Å². The molecule has 0 unspecified atom stereocenters. The van der Waals surface area contributed by atoms with Gasteiger partial charge in [0.15, 0.2) is 0 Å². The summed E-state index contributed by atoms with van der Waals surface area (Å²) in [6, 6.07) is 28.1. The predicted octanol–water partition coefficient (Wildman–Crippen LogP) is 3.82. The maximum absolute atomic E-state index is 12.3. The second-order valence-electron chi connectivity index (χ2n) is 7.66. The second kappa shape index (κ2) is 12.2. The Morgan fingerprint density at radius 2 is 1.38 bits per heavy atom. The van der Waals surface area contributed by atoms with Crippen LogP contribution in [0.1, 0.15) is 16.7 Å². The molecule has 0 aliphatic carbocycles. The molecule has 1 N–H and O–H groups in total. The maximum atomic E-state index is 12.3. The summed E-state index contributed by atoms with van der Waals surface area (Å²) in [5.74, 6) is -0.275. The first-order chi connectivity index (χ1) is 16.5. The minimum absolute atomic E-state index is 0.157. The molecule has 0 spiro atoms. The van der Waals surface area contributed by atoms with E-state index in [-0.39, 0.29) is 24.9 Å². The smallest absolute Gasteiger partial charge is 0.325 e. The van der Waals surface area contributed by atoms with E-state index in [4.69, 9.17) is 21.1 Å². The molecule has 0 aromatic heterocycles. The number of nitrogens with one attached hydrogen (secondary N) is 1. The Hall–Kier alpha value is -3.35. The van der Waals surface area contributed by atoms with Gasteiger partial charge in [-0.1, -0.05) is 72.8 Å². The second-order valence-corrected chi connectivity index (χ2v) is 7.93. The van der Waals surface area contributed by atoms with Crippen LogP contribution in [0.2, 0.25) is 0 Å². The van der Waals surface area contributed by atoms with Gasteiger partial charge in [-0.2, -0.15) is 0 Å². The standard InChI is InChI=1S/C27H29ClN2O4/c1-33-24-15-13-23(14-16-24)27(21-9-5-3-6-10-21,22-11-7-4-8-12-22)29-17-18-30(25(31)19-28)20-26(32)34-2/h3-16,29H,17-20H2,1-2H3. The van der Waals surface area contributed by atoms with Crippen LogP contribution in [0.15, 0.2) is 84.9 Å². The summed E-state index contributed by atoms with van der Waals surface area (Å²) in [4.78, 5) is 25.6. The highest BCUT2D eigenvalue weighted by atomic mass is 35.5. The lowest BCUT2D eigenvalue weighted by Gasteiger charge is -2.38. The fourth-order valence-electron chi connectivity index (χ4n) is 4.00. The highest BCUT2D eigenvalue weighted by Crippen LogP contribution is 2.37. The van der Waals surface area contributed by atoms with E-state index in [1.165, 1.54) is 12.0 Å². The average Bonchev–Trinajstić information content (AvgIpc) is 2.91. The molecule has 0 atom stereocenters. The van der Waals surface area contributed by atoms with Gasteiger partial charge in [0.25, 0.3) is 0 Å². The summed E-state index contributed by atoms with van der Waals surface area (Å²) >= 11 is 5.78. The van der Waals surface area contributed by atoms with Crippen LogP contribution in [0.4, 0.5) is 0 Å². The summed E-state index contributed by atoms with van der Waals surface area (Å²) in [7, 11) is 2.93. The lowest BCUT2D eigenvalue weighted by Crippen LogP contribution is -2.49. The van der Waals surface area contributed by atoms with Crippen LogP contribution in [0, 0.1) is 0 Å². The molecule has 0 heterocycles. The van der Waals surface area contributed by atoms with Gasteiger partial charge in [-0.3, -0.25) is 14.9 Å². The van der Waals surface area contributed by atoms with Crippen molar-refractivity contribution >= 4 is 23.5 Å². The number of benzene rings is 3. The topological polar surface area (TPSA) is 67.9 Å². The van der Waals surface area contributed by atoms with Crippen molar-refractivity contribution in [3.8, 4) is 5.75 Å². The largest absolute Gasteiger partial charge is 0.497 e. The van der Waals surface area contributed by atoms with E-state index in [9.17, 15) is 9.59 Å². The van der Waals surface area contributed by atoms with Gasteiger partial charge < -0.3 is 14.4 Å². The van der Waals surface area contributed by atoms with Crippen LogP contribution in [-0.2, 0) is 19.9 Å². The minimum Gasteiger partial charge on any atom is -0.497 e. The summed E-state index contributed by atoms with van der Waals surface area (Å²) in [6.07, 6.45) is 0. The van der Waals surface area contributed by atoms with Crippen molar-refractivity contribution in [1.82, 2.24) is 10.2 Å². The van der Waals surface area contributed by atoms with E-state index < -0.39 is 11.5 Å². The van der Waals surface area contributed by atoms with Gasteiger partial charge >= 0.3 is 5.97 Å². The Balaban J connectivity index is 2.03. The van der Waals surface area contributed by atoms with Gasteiger partial charge in [0.05, 0.1) is 19.8 Å². The Kier molecular flexibility index (Phi) is 9.08. The van der Waals surface area contributed by atoms with Crippen molar-refractivity contribution in [3.05, 3.63) is 102 Å². The molecule has 178 valence electrons. The van der Waals surface area contributed by atoms with Crippen molar-refractivity contribution < 1.29 is 19.1 Å². The third kappa shape index (κ3) is 5.76. The van der Waals surface area contributed by atoms with Gasteiger partial charge in [0, 0.05) is 13.1 Å². The Bertz CT molecular complexity index is 1020. The van der Waals surface area contributed by atoms with E-state index in [1.54, 1.807) is 7.11 Å². The van der Waals surface area contributed by atoms with Crippen LogP contribution in [-0.4, -0.2) is 56.5 Å². The summed E-state index contributed by atoms with van der Waals surface area (Å²) in [5, 5.41) is 3.69. The molecule has 0 fully saturated rings. The number of nitrogens with zero attached hydrogens (tertiary/aromatic N) is 1. The number of ether oxygens (including phenoxy) is 2. The minimum atomic E-state index is -0.713. The zero-order valence-electron chi connectivity index (χ0n) is 19.4. The molecule has 0 aliphatic heterocycles. The van der Waals surface area contributed by atoms with Gasteiger partial charge in [0.2, 0.25) is 5.91 Å². The molecule has 3 aromatic carbocycles. The number of hydrogen-bond acceptors (Lipinski definition) is 5. The molecule has 1 amide bonds. The van der Waals surface area contributed by atoms with Crippen molar-refractivity contribution in [1.29, 1.82) is 0 Å². The zero-order chi connectivity index (χ0) is 24.4. The number of amides is 1. The summed E-state index contributed by atoms with van der Waals surface area (Å²) < 4.78 is 10.1. The van der Waals surface area contributed by atoms with Crippen molar-refractivity contribution in [2.45, 2.75) is 5.54 Å². The molecule has 6 nitrogen and oxygen atoms in total. The van der Waals surface area contributed by atoms with E-state index in [0.29, 0.717) is 6.54 Å². The van der Waals surface area contributed by atoms with Crippen molar-refractivity contribution in [3.63, 3.8) is 0 Å². The summed E-state index contributed by atoms with van der Waals surface area (Å²) in [5.41, 5.74) is 2.37. The fourth-order valence-corrected chi connectivity index (χ4v) is 4.17. The van der Waals surface area contributed by atoms with E-state index in [1.807, 2.05) is 60.7 Å². The van der Waals surface area contributed by atoms with E-state index in [0.717, 1.165) is 22.4 Å². The Morgan fingerprint density at radius 3 is 1.85 bits per heavy atom. The molecule has 0 saturated heterocycles. The maximum Gasteiger partial charge on any atom is 0.325 e. The number of rotatable bonds is 11. The number of alkyl halides is 1. The third-order valence-corrected chi connectivity index (χ3v) is 5.95. The molecule has 0 saturated carbocycles. The monoisotopic (exact) mass is 480 g/mol. The third-order valence-electron chi connectivity index (χ3n) is 5.72. The molecule has 34 heavy (non-hydrogen) atoms. The highest BCUT2D eigenvalue weighted by Gasteiger charge is 2.36. The van der Waals surface area contributed by atoms with E-state index >= 15 is 0 Å². The molecule has 0 bridgehead atoms. The number of methoxy groups -OCH3 is 2. The molecular formula is C27H29ClN2O4. The molecule has 3 aromatic rings. The first kappa shape index (κ1) is 25.3. The quantitative estimate of drug-likeness (QED) is 0.257. The van der Waals surface area contributed by atoms with E-state index in [2.05, 4.69) is 29.6 Å². The number of carbonyl (C=O) groups excluding carboxylic acids is 2. The van der Waals surface area contributed by atoms with Crippen LogP contribution < -0.4 is 10.1 Å². The fraction of sp³-hybridized carbons (Fsp3) is 0.259. The molecule has 7 heteroatoms. The highest BCUT2D eigenvalue weighted by molar-refractivity contribution is 6.27. The molecule has 3 rings (SSSR count). The van der Waals surface area contributed by atoms with Crippen LogP contribution >= 0.6 is 11.6 Å². The Labute approximate surface area is 205 Å².